The highest BCUT2D eigenvalue weighted by Gasteiger charge is 2.39. The summed E-state index contributed by atoms with van der Waals surface area (Å²) in [6.45, 7) is 12.1. The van der Waals surface area contributed by atoms with Crippen LogP contribution in [0.25, 0.3) is 11.1 Å². The van der Waals surface area contributed by atoms with E-state index in [1.54, 1.807) is 6.07 Å². The van der Waals surface area contributed by atoms with E-state index in [1.165, 1.54) is 43.1 Å². The van der Waals surface area contributed by atoms with E-state index >= 15 is 0 Å². The first-order valence-electron chi connectivity index (χ1n) is 17.3. The van der Waals surface area contributed by atoms with Gasteiger partial charge in [0.2, 0.25) is 0 Å². The summed E-state index contributed by atoms with van der Waals surface area (Å²) < 4.78 is 79.4. The highest BCUT2D eigenvalue weighted by atomic mass is 19.4. The van der Waals surface area contributed by atoms with E-state index in [0.29, 0.717) is 23.7 Å². The van der Waals surface area contributed by atoms with Crippen LogP contribution in [0.4, 0.5) is 30.7 Å². The number of aliphatic carboxylic acids is 2. The second-order valence-corrected chi connectivity index (χ2v) is 14.0. The molecule has 0 radical (unpaired) electrons. The van der Waals surface area contributed by atoms with Crippen LogP contribution in [-0.4, -0.2) is 95.6 Å². The molecule has 16 heteroatoms. The Bertz CT molecular complexity index is 1700. The summed E-state index contributed by atoms with van der Waals surface area (Å²) in [7, 11) is 2.33. The third kappa shape index (κ3) is 14.4. The number of nitrogens with one attached hydrogen (secondary N) is 2. The molecular formula is C38H46F7N4O5+. The van der Waals surface area contributed by atoms with Gasteiger partial charge in [0.1, 0.15) is 12.4 Å². The van der Waals surface area contributed by atoms with Gasteiger partial charge in [-0.1, -0.05) is 43.3 Å². The number of carbonyl (C=O) groups is 3. The predicted octanol–water partition coefficient (Wildman–Crippen LogP) is 6.86. The molecule has 0 bridgehead atoms. The van der Waals surface area contributed by atoms with Gasteiger partial charge in [-0.25, -0.2) is 14.0 Å². The van der Waals surface area contributed by atoms with Crippen LogP contribution in [0, 0.1) is 11.7 Å². The van der Waals surface area contributed by atoms with Gasteiger partial charge in [-0.05, 0) is 72.7 Å². The van der Waals surface area contributed by atoms with Crippen molar-refractivity contribution in [1.82, 2.24) is 15.5 Å². The number of nitrogens with zero attached hydrogens (tertiary/aromatic N) is 2. The fraction of sp³-hybridized carbons (Fsp3) is 0.447. The Morgan fingerprint density at radius 3 is 2.04 bits per heavy atom. The average Bonchev–Trinajstić information content (AvgIpc) is 3.09. The number of piperidine rings is 1. The second kappa shape index (κ2) is 19.2. The predicted molar refractivity (Wildman–Crippen MR) is 188 cm³/mol. The number of hydrogen-bond acceptors (Lipinski definition) is 5. The molecule has 0 unspecified atom stereocenters. The van der Waals surface area contributed by atoms with Crippen molar-refractivity contribution in [2.45, 2.75) is 64.7 Å². The van der Waals surface area contributed by atoms with Crippen LogP contribution >= 0.6 is 0 Å². The normalized spacial score (nSPS) is 20.4. The number of halogens is 7. The lowest BCUT2D eigenvalue weighted by Crippen LogP contribution is -2.48. The van der Waals surface area contributed by atoms with Crippen molar-refractivity contribution < 1.29 is 59.8 Å². The van der Waals surface area contributed by atoms with Crippen LogP contribution < -0.4 is 10.6 Å². The van der Waals surface area contributed by atoms with E-state index in [4.69, 9.17) is 19.8 Å². The van der Waals surface area contributed by atoms with Gasteiger partial charge < -0.3 is 25.3 Å². The molecule has 2 aliphatic rings. The Labute approximate surface area is 309 Å². The Balaban J connectivity index is 0.000000476. The number of amides is 1. The first kappa shape index (κ1) is 43.9. The van der Waals surface area contributed by atoms with E-state index in [9.17, 15) is 35.5 Å². The Kier molecular flexibility index (Phi) is 15.6. The van der Waals surface area contributed by atoms with E-state index in [1.807, 2.05) is 36.4 Å². The number of alkyl halides is 6. The quantitative estimate of drug-likeness (QED) is 0.146. The Hall–Kier alpha value is -4.54. The largest absolute Gasteiger partial charge is 0.490 e. The van der Waals surface area contributed by atoms with Crippen molar-refractivity contribution >= 4 is 17.8 Å². The molecule has 3 aromatic carbocycles. The molecule has 4 N–H and O–H groups in total. The van der Waals surface area contributed by atoms with Gasteiger partial charge >= 0.3 is 24.3 Å². The smallest absolute Gasteiger partial charge is 0.475 e. The first-order chi connectivity index (χ1) is 25.1. The summed E-state index contributed by atoms with van der Waals surface area (Å²) in [6.07, 6.45) is -7.65. The van der Waals surface area contributed by atoms with Crippen molar-refractivity contribution in [2.24, 2.45) is 5.92 Å². The monoisotopic (exact) mass is 771 g/mol. The number of carbonyl (C=O) groups excluding carboxylic acids is 1. The van der Waals surface area contributed by atoms with Gasteiger partial charge in [-0.15, -0.1) is 0 Å². The maximum absolute atomic E-state index is 14.9. The van der Waals surface area contributed by atoms with Crippen molar-refractivity contribution in [2.75, 3.05) is 39.8 Å². The first-order valence-corrected chi connectivity index (χ1v) is 17.3. The van der Waals surface area contributed by atoms with Gasteiger partial charge in [-0.3, -0.25) is 9.69 Å². The molecule has 296 valence electrons. The summed E-state index contributed by atoms with van der Waals surface area (Å²) in [5, 5.41) is 20.8. The summed E-state index contributed by atoms with van der Waals surface area (Å²) in [5.74, 6) is -5.06. The third-order valence-corrected chi connectivity index (χ3v) is 9.14. The Morgan fingerprint density at radius 1 is 0.852 bits per heavy atom. The molecule has 0 aromatic heterocycles. The van der Waals surface area contributed by atoms with Gasteiger partial charge in [-0.2, -0.15) is 26.3 Å². The van der Waals surface area contributed by atoms with Crippen LogP contribution in [0.1, 0.15) is 53.7 Å². The molecule has 5 rings (SSSR count). The van der Waals surface area contributed by atoms with Crippen LogP contribution in [0.3, 0.4) is 0 Å². The lowest BCUT2D eigenvalue weighted by Gasteiger charge is -2.40. The summed E-state index contributed by atoms with van der Waals surface area (Å²) in [4.78, 5) is 33.3. The molecule has 0 spiro atoms. The van der Waals surface area contributed by atoms with Crippen molar-refractivity contribution in [3.8, 4) is 11.1 Å². The number of piperazine rings is 1. The van der Waals surface area contributed by atoms with E-state index < -0.39 is 24.3 Å². The molecule has 1 atom stereocenters. The second-order valence-electron chi connectivity index (χ2n) is 14.0. The zero-order valence-electron chi connectivity index (χ0n) is 30.2. The van der Waals surface area contributed by atoms with Crippen LogP contribution in [0.2, 0.25) is 0 Å². The lowest BCUT2D eigenvalue weighted by atomic mass is 9.96. The molecule has 9 nitrogen and oxygen atoms in total. The van der Waals surface area contributed by atoms with E-state index in [-0.39, 0.29) is 11.7 Å². The van der Waals surface area contributed by atoms with Gasteiger partial charge in [0.05, 0.1) is 20.1 Å². The molecule has 3 aromatic rings. The van der Waals surface area contributed by atoms with Crippen LogP contribution in [-0.2, 0) is 29.2 Å². The van der Waals surface area contributed by atoms with Crippen molar-refractivity contribution in [3.05, 3.63) is 94.8 Å². The number of hydrogen-bond donors (Lipinski definition) is 4. The molecule has 2 fully saturated rings. The molecule has 0 aliphatic carbocycles. The summed E-state index contributed by atoms with van der Waals surface area (Å²) in [5.41, 5.74) is 5.36. The maximum Gasteiger partial charge on any atom is 0.490 e. The maximum atomic E-state index is 14.9. The zero-order chi connectivity index (χ0) is 40.3. The lowest BCUT2D eigenvalue weighted by molar-refractivity contribution is -0.928. The standard InChI is InChI=1S/C34H43FN4O.2C2HF3O2/c1-25-12-16-39(3,17-13-25)24-29-7-5-9-31(19-29)34(40)37-21-27-10-11-33(35)32(20-27)30-8-4-6-28(18-30)23-38-15-14-36-26(2)22-38;2*3-2(4,5)1(6)7/h4-11,18-20,25-26,36H,12-17,21-24H2,1-3H3;2*(H,6,7)/p+1/t25?,26-,39?;;/m0../s1. The van der Waals surface area contributed by atoms with Crippen LogP contribution in [0.15, 0.2) is 66.7 Å². The minimum Gasteiger partial charge on any atom is -0.475 e. The van der Waals surface area contributed by atoms with E-state index in [0.717, 1.165) is 54.3 Å². The molecular weight excluding hydrogens is 725 g/mol. The van der Waals surface area contributed by atoms with Crippen LogP contribution in [0.5, 0.6) is 0 Å². The molecule has 2 heterocycles. The number of rotatable bonds is 8. The van der Waals surface area contributed by atoms with Crippen molar-refractivity contribution in [1.29, 1.82) is 0 Å². The van der Waals surface area contributed by atoms with Gasteiger partial charge in [0, 0.05) is 55.5 Å². The average molecular weight is 772 g/mol. The number of likely N-dealkylation sites (tertiary alicyclic amines) is 1. The third-order valence-electron chi connectivity index (χ3n) is 9.14. The molecule has 54 heavy (non-hydrogen) atoms. The van der Waals surface area contributed by atoms with Gasteiger partial charge in [0.25, 0.3) is 5.91 Å². The molecule has 2 aliphatic heterocycles. The fourth-order valence-electron chi connectivity index (χ4n) is 6.17. The number of carboxylic acids is 2. The fourth-order valence-corrected chi connectivity index (χ4v) is 6.17. The summed E-state index contributed by atoms with van der Waals surface area (Å²) in [6, 6.07) is 21.8. The Morgan fingerprint density at radius 2 is 1.44 bits per heavy atom. The highest BCUT2D eigenvalue weighted by molar-refractivity contribution is 5.94. The van der Waals surface area contributed by atoms with E-state index in [2.05, 4.69) is 54.6 Å². The molecule has 2 saturated heterocycles. The molecule has 1 amide bonds. The van der Waals surface area contributed by atoms with Crippen molar-refractivity contribution in [3.63, 3.8) is 0 Å². The highest BCUT2D eigenvalue weighted by Crippen LogP contribution is 2.27. The number of carboxylic acid groups (broad SMARTS) is 2. The number of quaternary nitrogens is 1. The minimum atomic E-state index is -5.08. The minimum absolute atomic E-state index is 0.102. The zero-order valence-corrected chi connectivity index (χ0v) is 30.2. The summed E-state index contributed by atoms with van der Waals surface area (Å²) >= 11 is 0. The van der Waals surface area contributed by atoms with Gasteiger partial charge in [0.15, 0.2) is 0 Å². The SMILES string of the molecule is CC1CC[N+](C)(Cc2cccc(C(=O)NCc3ccc(F)c(-c4cccc(CN5CCN[C@@H](C)C5)c4)c3)c2)CC1.O=C(O)C(F)(F)F.O=C(O)C(F)(F)F. The number of benzene rings is 3. The topological polar surface area (TPSA) is 119 Å². The molecule has 0 saturated carbocycles.